The molecule has 7 nitrogen and oxygen atoms in total. The largest absolute Gasteiger partial charge is 0.481 e. The molecule has 2 saturated carbocycles. The molecular weight excluding hydrogens is 368 g/mol. The summed E-state index contributed by atoms with van der Waals surface area (Å²) in [5, 5.41) is 12.3. The first-order valence-corrected chi connectivity index (χ1v) is 10.9. The van der Waals surface area contributed by atoms with Gasteiger partial charge in [-0.15, -0.1) is 0 Å². The van der Waals surface area contributed by atoms with Gasteiger partial charge in [0.2, 0.25) is 10.0 Å². The van der Waals surface area contributed by atoms with Crippen molar-refractivity contribution in [2.45, 2.75) is 49.8 Å². The molecule has 8 heteroatoms. The third-order valence-corrected chi connectivity index (χ3v) is 6.94. The van der Waals surface area contributed by atoms with Gasteiger partial charge in [-0.3, -0.25) is 9.59 Å². The number of amides is 1. The Morgan fingerprint density at radius 2 is 1.85 bits per heavy atom. The molecule has 3 rings (SSSR count). The molecule has 2 aliphatic rings. The van der Waals surface area contributed by atoms with Crippen molar-refractivity contribution in [2.24, 2.45) is 11.3 Å². The van der Waals surface area contributed by atoms with Crippen molar-refractivity contribution in [2.75, 3.05) is 13.1 Å². The van der Waals surface area contributed by atoms with E-state index in [-0.39, 0.29) is 17.0 Å². The van der Waals surface area contributed by atoms with E-state index in [1.54, 1.807) is 0 Å². The van der Waals surface area contributed by atoms with Gasteiger partial charge in [-0.1, -0.05) is 25.3 Å². The highest BCUT2D eigenvalue weighted by atomic mass is 32.2. The molecule has 1 aromatic carbocycles. The van der Waals surface area contributed by atoms with E-state index in [1.165, 1.54) is 24.3 Å². The van der Waals surface area contributed by atoms with Crippen LogP contribution in [0.4, 0.5) is 0 Å². The maximum absolute atomic E-state index is 12.5. The number of hydrogen-bond acceptors (Lipinski definition) is 4. The molecule has 0 spiro atoms. The summed E-state index contributed by atoms with van der Waals surface area (Å²) in [5.41, 5.74) is -0.718. The molecule has 2 fully saturated rings. The lowest BCUT2D eigenvalue weighted by molar-refractivity contribution is -0.150. The number of hydrogen-bond donors (Lipinski definition) is 3. The number of aliphatic carboxylic acids is 1. The summed E-state index contributed by atoms with van der Waals surface area (Å²) in [4.78, 5) is 24.2. The van der Waals surface area contributed by atoms with Crippen LogP contribution in [0.5, 0.6) is 0 Å². The smallest absolute Gasteiger partial charge is 0.311 e. The van der Waals surface area contributed by atoms with Crippen molar-refractivity contribution < 1.29 is 23.1 Å². The molecule has 1 aromatic rings. The Morgan fingerprint density at radius 3 is 2.48 bits per heavy atom. The molecule has 3 N–H and O–H groups in total. The van der Waals surface area contributed by atoms with Gasteiger partial charge in [0.05, 0.1) is 10.3 Å². The summed E-state index contributed by atoms with van der Waals surface area (Å²) in [7, 11) is -3.66. The second kappa shape index (κ2) is 7.98. The Bertz CT molecular complexity index is 811. The number of carbonyl (C=O) groups excluding carboxylic acids is 1. The van der Waals surface area contributed by atoms with E-state index in [0.29, 0.717) is 25.3 Å². The second-order valence-corrected chi connectivity index (χ2v) is 9.42. The highest BCUT2D eigenvalue weighted by Gasteiger charge is 2.39. The maximum atomic E-state index is 12.5. The van der Waals surface area contributed by atoms with Crippen LogP contribution in [0.15, 0.2) is 29.2 Å². The number of carbonyl (C=O) groups is 2. The molecule has 0 atom stereocenters. The predicted molar refractivity (Wildman–Crippen MR) is 99.8 cm³/mol. The molecule has 0 unspecified atom stereocenters. The SMILES string of the molecule is O=C(NCC1(C(=O)O)CCCCC1)c1cccc(S(=O)(=O)NCC2CC2)c1. The van der Waals surface area contributed by atoms with E-state index in [9.17, 15) is 23.1 Å². The summed E-state index contributed by atoms with van der Waals surface area (Å²) in [6.07, 6.45) is 5.85. The van der Waals surface area contributed by atoms with Gasteiger partial charge in [0.15, 0.2) is 0 Å². The highest BCUT2D eigenvalue weighted by molar-refractivity contribution is 7.89. The topological polar surface area (TPSA) is 113 Å². The summed E-state index contributed by atoms with van der Waals surface area (Å²) in [6.45, 7) is 0.470. The Kier molecular flexibility index (Phi) is 5.86. The first-order chi connectivity index (χ1) is 12.8. The van der Waals surface area contributed by atoms with Crippen LogP contribution in [0, 0.1) is 11.3 Å². The van der Waals surface area contributed by atoms with E-state index in [1.807, 2.05) is 0 Å². The first-order valence-electron chi connectivity index (χ1n) is 9.44. The van der Waals surface area contributed by atoms with E-state index in [0.717, 1.165) is 32.1 Å². The molecule has 148 valence electrons. The quantitative estimate of drug-likeness (QED) is 0.625. The van der Waals surface area contributed by atoms with Gasteiger partial charge in [0, 0.05) is 18.7 Å². The molecule has 2 aliphatic carbocycles. The third-order valence-electron chi connectivity index (χ3n) is 5.52. The fourth-order valence-electron chi connectivity index (χ4n) is 3.48. The van der Waals surface area contributed by atoms with Crippen molar-refractivity contribution in [3.8, 4) is 0 Å². The summed E-state index contributed by atoms with van der Waals surface area (Å²) >= 11 is 0. The third kappa shape index (κ3) is 4.87. The summed E-state index contributed by atoms with van der Waals surface area (Å²) in [6, 6.07) is 5.84. The van der Waals surface area contributed by atoms with E-state index < -0.39 is 27.3 Å². The molecule has 0 radical (unpaired) electrons. The fraction of sp³-hybridized carbons (Fsp3) is 0.579. The van der Waals surface area contributed by atoms with Crippen LogP contribution >= 0.6 is 0 Å². The minimum Gasteiger partial charge on any atom is -0.481 e. The van der Waals surface area contributed by atoms with Crippen molar-refractivity contribution in [1.29, 1.82) is 0 Å². The fourth-order valence-corrected chi connectivity index (χ4v) is 4.65. The predicted octanol–water partition coefficient (Wildman–Crippen LogP) is 2.14. The number of benzene rings is 1. The van der Waals surface area contributed by atoms with Crippen LogP contribution in [0.25, 0.3) is 0 Å². The number of sulfonamides is 1. The minimum absolute atomic E-state index is 0.0430. The molecule has 0 saturated heterocycles. The van der Waals surface area contributed by atoms with Crippen LogP contribution in [0.1, 0.15) is 55.3 Å². The lowest BCUT2D eigenvalue weighted by Gasteiger charge is -2.33. The number of rotatable bonds is 8. The van der Waals surface area contributed by atoms with Gasteiger partial charge in [0.25, 0.3) is 5.91 Å². The Hall–Kier alpha value is -1.93. The second-order valence-electron chi connectivity index (χ2n) is 7.65. The van der Waals surface area contributed by atoms with Crippen molar-refractivity contribution in [1.82, 2.24) is 10.0 Å². The van der Waals surface area contributed by atoms with E-state index in [2.05, 4.69) is 10.0 Å². The van der Waals surface area contributed by atoms with Crippen LogP contribution < -0.4 is 10.0 Å². The van der Waals surface area contributed by atoms with Crippen molar-refractivity contribution in [3.05, 3.63) is 29.8 Å². The van der Waals surface area contributed by atoms with Gasteiger partial charge in [-0.05, 0) is 49.8 Å². The number of carboxylic acids is 1. The van der Waals surface area contributed by atoms with Gasteiger partial charge >= 0.3 is 5.97 Å². The normalized spacial score (nSPS) is 19.4. The molecule has 0 aromatic heterocycles. The van der Waals surface area contributed by atoms with Crippen LogP contribution in [-0.2, 0) is 14.8 Å². The monoisotopic (exact) mass is 394 g/mol. The Morgan fingerprint density at radius 1 is 1.15 bits per heavy atom. The highest BCUT2D eigenvalue weighted by Crippen LogP contribution is 2.36. The first kappa shape index (κ1) is 19.8. The standard InChI is InChI=1S/C19H26N2O5S/c22-17(20-13-19(18(23)24)9-2-1-3-10-19)15-5-4-6-16(11-15)27(25,26)21-12-14-7-8-14/h4-6,11,14,21H,1-3,7-10,12-13H2,(H,20,22)(H,23,24). The Labute approximate surface area is 159 Å². The van der Waals surface area contributed by atoms with E-state index in [4.69, 9.17) is 0 Å². The van der Waals surface area contributed by atoms with Crippen molar-refractivity contribution in [3.63, 3.8) is 0 Å². The number of nitrogens with one attached hydrogen (secondary N) is 2. The van der Waals surface area contributed by atoms with Gasteiger partial charge in [-0.2, -0.15) is 0 Å². The lowest BCUT2D eigenvalue weighted by atomic mass is 9.74. The average Bonchev–Trinajstić information content (AvgIpc) is 3.50. The summed E-state index contributed by atoms with van der Waals surface area (Å²) < 4.78 is 27.3. The maximum Gasteiger partial charge on any atom is 0.311 e. The minimum atomic E-state index is -3.66. The molecular formula is C19H26N2O5S. The zero-order chi connectivity index (χ0) is 19.5. The molecule has 27 heavy (non-hydrogen) atoms. The lowest BCUT2D eigenvalue weighted by Crippen LogP contribution is -2.44. The van der Waals surface area contributed by atoms with Gasteiger partial charge < -0.3 is 10.4 Å². The number of carboxylic acid groups (broad SMARTS) is 1. The van der Waals surface area contributed by atoms with Gasteiger partial charge in [0.1, 0.15) is 0 Å². The summed E-state index contributed by atoms with van der Waals surface area (Å²) in [5.74, 6) is -0.933. The van der Waals surface area contributed by atoms with Crippen molar-refractivity contribution >= 4 is 21.9 Å². The molecule has 0 aliphatic heterocycles. The van der Waals surface area contributed by atoms with Crippen LogP contribution in [0.3, 0.4) is 0 Å². The zero-order valence-electron chi connectivity index (χ0n) is 15.2. The van der Waals surface area contributed by atoms with E-state index >= 15 is 0 Å². The molecule has 0 heterocycles. The van der Waals surface area contributed by atoms with Crippen LogP contribution in [-0.4, -0.2) is 38.5 Å². The zero-order valence-corrected chi connectivity index (χ0v) is 16.1. The van der Waals surface area contributed by atoms with Gasteiger partial charge in [-0.25, -0.2) is 13.1 Å². The average molecular weight is 394 g/mol. The molecule has 1 amide bonds. The Balaban J connectivity index is 1.66. The molecule has 0 bridgehead atoms. The van der Waals surface area contributed by atoms with Crippen LogP contribution in [0.2, 0.25) is 0 Å².